The summed E-state index contributed by atoms with van der Waals surface area (Å²) < 4.78 is 21.1. The minimum Gasteiger partial charge on any atom is -0.435 e. The Balaban J connectivity index is 2.14. The minimum atomic E-state index is -0.515. The molecule has 0 saturated heterocycles. The lowest BCUT2D eigenvalue weighted by atomic mass is 10.2. The third-order valence-electron chi connectivity index (χ3n) is 3.12. The second-order valence-electron chi connectivity index (χ2n) is 4.52. The number of rotatable bonds is 2. The minimum absolute atomic E-state index is 0.102. The maximum Gasteiger partial charge on any atom is 0.227 e. The zero-order valence-electron chi connectivity index (χ0n) is 11.1. The second kappa shape index (κ2) is 4.48. The van der Waals surface area contributed by atoms with Crippen LogP contribution >= 0.6 is 0 Å². The summed E-state index contributed by atoms with van der Waals surface area (Å²) in [6.45, 7) is 3.72. The van der Waals surface area contributed by atoms with Crippen LogP contribution in [-0.4, -0.2) is 14.6 Å². The predicted octanol–water partition coefficient (Wildman–Crippen LogP) is 2.86. The van der Waals surface area contributed by atoms with Crippen molar-refractivity contribution in [2.75, 3.05) is 5.73 Å². The number of benzene rings is 1. The normalized spacial score (nSPS) is 10.9. The van der Waals surface area contributed by atoms with Crippen LogP contribution in [0.15, 0.2) is 30.5 Å². The van der Waals surface area contributed by atoms with Gasteiger partial charge in [-0.3, -0.25) is 0 Å². The fourth-order valence-corrected chi connectivity index (χ4v) is 1.93. The molecule has 0 unspecified atom stereocenters. The van der Waals surface area contributed by atoms with Crippen molar-refractivity contribution in [2.24, 2.45) is 0 Å². The van der Waals surface area contributed by atoms with Crippen LogP contribution < -0.4 is 10.5 Å². The average molecular weight is 272 g/mol. The van der Waals surface area contributed by atoms with Crippen LogP contribution in [0.2, 0.25) is 0 Å². The summed E-state index contributed by atoms with van der Waals surface area (Å²) >= 11 is 0. The number of fused-ring (bicyclic) bond motifs is 1. The molecule has 2 heterocycles. The number of ether oxygens (including phenoxy) is 1. The molecule has 1 aromatic carbocycles. The first-order valence-corrected chi connectivity index (χ1v) is 6.10. The van der Waals surface area contributed by atoms with Gasteiger partial charge < -0.3 is 10.5 Å². The molecule has 20 heavy (non-hydrogen) atoms. The van der Waals surface area contributed by atoms with Crippen molar-refractivity contribution in [1.82, 2.24) is 14.6 Å². The van der Waals surface area contributed by atoms with Gasteiger partial charge in [0.25, 0.3) is 0 Å². The number of anilines is 1. The van der Waals surface area contributed by atoms with Crippen LogP contribution in [0, 0.1) is 19.7 Å². The Bertz CT molecular complexity index is 797. The lowest BCUT2D eigenvalue weighted by molar-refractivity contribution is 0.411. The van der Waals surface area contributed by atoms with Crippen LogP contribution in [0.1, 0.15) is 11.3 Å². The summed E-state index contributed by atoms with van der Waals surface area (Å²) in [7, 11) is 0. The molecule has 0 fully saturated rings. The molecule has 0 atom stereocenters. The number of hydrogen-bond acceptors (Lipinski definition) is 4. The highest BCUT2D eigenvalue weighted by atomic mass is 19.1. The summed E-state index contributed by atoms with van der Waals surface area (Å²) in [5.41, 5.74) is 8.14. The van der Waals surface area contributed by atoms with E-state index in [1.807, 2.05) is 13.8 Å². The van der Waals surface area contributed by atoms with Crippen molar-refractivity contribution >= 4 is 11.3 Å². The van der Waals surface area contributed by atoms with Gasteiger partial charge in [-0.15, -0.1) is 0 Å². The molecular weight excluding hydrogens is 259 g/mol. The molecule has 0 saturated carbocycles. The van der Waals surface area contributed by atoms with Gasteiger partial charge >= 0.3 is 0 Å². The van der Waals surface area contributed by atoms with Crippen LogP contribution in [0.5, 0.6) is 11.6 Å². The highest BCUT2D eigenvalue weighted by Crippen LogP contribution is 2.29. The molecule has 3 rings (SSSR count). The van der Waals surface area contributed by atoms with Crippen molar-refractivity contribution in [3.05, 3.63) is 47.5 Å². The van der Waals surface area contributed by atoms with Gasteiger partial charge in [0.15, 0.2) is 17.2 Å². The van der Waals surface area contributed by atoms with Crippen molar-refractivity contribution in [1.29, 1.82) is 0 Å². The highest BCUT2D eigenvalue weighted by Gasteiger charge is 2.14. The fourth-order valence-electron chi connectivity index (χ4n) is 1.93. The van der Waals surface area contributed by atoms with Crippen molar-refractivity contribution in [3.63, 3.8) is 0 Å². The van der Waals surface area contributed by atoms with Crippen molar-refractivity contribution in [2.45, 2.75) is 13.8 Å². The van der Waals surface area contributed by atoms with Gasteiger partial charge in [-0.05, 0) is 26.0 Å². The van der Waals surface area contributed by atoms with Gasteiger partial charge in [0.2, 0.25) is 5.88 Å². The Kier molecular flexibility index (Phi) is 2.78. The molecule has 0 radical (unpaired) electrons. The van der Waals surface area contributed by atoms with Crippen LogP contribution in [-0.2, 0) is 0 Å². The van der Waals surface area contributed by atoms with E-state index in [9.17, 15) is 4.39 Å². The van der Waals surface area contributed by atoms with Crippen LogP contribution in [0.3, 0.4) is 0 Å². The number of aromatic nitrogens is 3. The zero-order chi connectivity index (χ0) is 14.3. The molecule has 6 heteroatoms. The van der Waals surface area contributed by atoms with Crippen LogP contribution in [0.4, 0.5) is 10.1 Å². The number of hydrogen-bond donors (Lipinski definition) is 1. The molecule has 0 spiro atoms. The summed E-state index contributed by atoms with van der Waals surface area (Å²) in [4.78, 5) is 4.38. The summed E-state index contributed by atoms with van der Waals surface area (Å²) in [6.07, 6.45) is 1.62. The smallest absolute Gasteiger partial charge is 0.227 e. The Morgan fingerprint density at radius 1 is 1.25 bits per heavy atom. The van der Waals surface area contributed by atoms with Gasteiger partial charge in [0.1, 0.15) is 0 Å². The predicted molar refractivity (Wildman–Crippen MR) is 73.3 cm³/mol. The Hall–Kier alpha value is -2.63. The first-order chi connectivity index (χ1) is 9.56. The number of nitrogens with two attached hydrogens (primary N) is 1. The standard InChI is InChI=1S/C14H13FN4O/c1-8-9(2)18-13-5-6-17-19(13)14(8)20-12-4-3-10(16)7-11(12)15/h3-7H,16H2,1-2H3. The highest BCUT2D eigenvalue weighted by molar-refractivity contribution is 5.48. The number of aryl methyl sites for hydroxylation is 1. The fraction of sp³-hybridized carbons (Fsp3) is 0.143. The third kappa shape index (κ3) is 1.95. The molecule has 5 nitrogen and oxygen atoms in total. The molecule has 3 aromatic rings. The SMILES string of the molecule is Cc1nc2ccnn2c(Oc2ccc(N)cc2F)c1C. The molecule has 0 aliphatic rings. The topological polar surface area (TPSA) is 65.4 Å². The molecule has 0 aliphatic heterocycles. The largest absolute Gasteiger partial charge is 0.435 e. The van der Waals surface area contributed by atoms with Gasteiger partial charge in [0, 0.05) is 29.1 Å². The second-order valence-corrected chi connectivity index (χ2v) is 4.52. The van der Waals surface area contributed by atoms with Crippen molar-refractivity contribution in [3.8, 4) is 11.6 Å². The number of nitrogens with zero attached hydrogens (tertiary/aromatic N) is 3. The van der Waals surface area contributed by atoms with Gasteiger partial charge in [-0.1, -0.05) is 0 Å². The quantitative estimate of drug-likeness (QED) is 0.728. The van der Waals surface area contributed by atoms with E-state index >= 15 is 0 Å². The third-order valence-corrected chi connectivity index (χ3v) is 3.12. The summed E-state index contributed by atoms with van der Waals surface area (Å²) in [5.74, 6) is 0.0324. The van der Waals surface area contributed by atoms with E-state index in [1.54, 1.807) is 18.3 Å². The Morgan fingerprint density at radius 2 is 2.05 bits per heavy atom. The molecule has 2 N–H and O–H groups in total. The monoisotopic (exact) mass is 272 g/mol. The Labute approximate surface area is 114 Å². The lowest BCUT2D eigenvalue weighted by Gasteiger charge is -2.12. The number of nitrogen functional groups attached to an aromatic ring is 1. The number of halogens is 1. The first-order valence-electron chi connectivity index (χ1n) is 6.10. The molecule has 0 aliphatic carbocycles. The molecule has 2 aromatic heterocycles. The van der Waals surface area contributed by atoms with Gasteiger partial charge in [0.05, 0.1) is 6.20 Å². The summed E-state index contributed by atoms with van der Waals surface area (Å²) in [6, 6.07) is 6.06. The Morgan fingerprint density at radius 3 is 2.80 bits per heavy atom. The van der Waals surface area contributed by atoms with E-state index in [1.165, 1.54) is 16.6 Å². The first kappa shape index (κ1) is 12.4. The van der Waals surface area contributed by atoms with E-state index in [2.05, 4.69) is 10.1 Å². The van der Waals surface area contributed by atoms with E-state index < -0.39 is 5.82 Å². The molecular formula is C14H13FN4O. The van der Waals surface area contributed by atoms with Gasteiger partial charge in [-0.25, -0.2) is 9.37 Å². The lowest BCUT2D eigenvalue weighted by Crippen LogP contribution is -2.03. The molecule has 0 bridgehead atoms. The molecule has 102 valence electrons. The molecule has 0 amide bonds. The van der Waals surface area contributed by atoms with E-state index in [0.29, 0.717) is 17.2 Å². The van der Waals surface area contributed by atoms with Crippen LogP contribution in [0.25, 0.3) is 5.65 Å². The van der Waals surface area contributed by atoms with Crippen molar-refractivity contribution < 1.29 is 9.13 Å². The summed E-state index contributed by atoms with van der Waals surface area (Å²) in [5, 5.41) is 4.15. The average Bonchev–Trinajstić information content (AvgIpc) is 2.85. The zero-order valence-corrected chi connectivity index (χ0v) is 11.1. The van der Waals surface area contributed by atoms with E-state index in [0.717, 1.165) is 11.3 Å². The maximum atomic E-state index is 13.8. The van der Waals surface area contributed by atoms with Gasteiger partial charge in [-0.2, -0.15) is 9.61 Å². The van der Waals surface area contributed by atoms with E-state index in [4.69, 9.17) is 10.5 Å². The van der Waals surface area contributed by atoms with E-state index in [-0.39, 0.29) is 5.75 Å². The maximum absolute atomic E-state index is 13.8.